The molecule has 0 aliphatic rings. The zero-order valence-electron chi connectivity index (χ0n) is 30.3. The lowest BCUT2D eigenvalue weighted by molar-refractivity contribution is 0.321. The summed E-state index contributed by atoms with van der Waals surface area (Å²) >= 11 is 11.2. The number of halogens is 2. The highest BCUT2D eigenvalue weighted by molar-refractivity contribution is 9.10. The molecule has 4 aromatic carbocycles. The van der Waals surface area contributed by atoms with Crippen molar-refractivity contribution >= 4 is 101 Å². The summed E-state index contributed by atoms with van der Waals surface area (Å²) in [6.07, 6.45) is 5.63. The van der Waals surface area contributed by atoms with Crippen molar-refractivity contribution in [2.75, 3.05) is 23.4 Å². The molecule has 0 spiro atoms. The normalized spacial score (nSPS) is 10.2. The lowest BCUT2D eigenvalue weighted by Gasteiger charge is -2.09. The molecular weight excluding hydrogens is 900 g/mol. The van der Waals surface area contributed by atoms with Crippen molar-refractivity contribution in [1.29, 1.82) is 0 Å². The fourth-order valence-electron chi connectivity index (χ4n) is 4.93. The van der Waals surface area contributed by atoms with E-state index in [0.717, 1.165) is 43.0 Å². The van der Waals surface area contributed by atoms with Gasteiger partial charge in [0.1, 0.15) is 23.0 Å². The van der Waals surface area contributed by atoms with Crippen molar-refractivity contribution in [2.24, 2.45) is 22.4 Å². The van der Waals surface area contributed by atoms with Crippen molar-refractivity contribution in [2.45, 2.75) is 14.9 Å². The smallest absolute Gasteiger partial charge is 0.208 e. The molecule has 0 saturated carbocycles. The minimum Gasteiger partial charge on any atom is -0.457 e. The molecule has 6 N–H and O–H groups in total. The van der Waals surface area contributed by atoms with Crippen LogP contribution in [0.4, 0.5) is 28.7 Å². The maximum atomic E-state index is 8.64. The first kappa shape index (κ1) is 46.7. The van der Waals surface area contributed by atoms with Gasteiger partial charge in [0.05, 0.1) is 57.1 Å². The molecular formula is C42H42Br2N10O4S. The SMILES string of the molecule is C.C.CNc1ccc(Oc2ccnc(/C=N\O)c2)cc1N.Cn1c(Nc2ccc(Br)cc2)nc2cc(Oc3ccnc(/C=N\O)c3)ccc21.S=C=Nc1ccc(Br)cc1. The van der Waals surface area contributed by atoms with E-state index < -0.39 is 0 Å². The Bertz CT molecular complexity index is 2530. The first-order chi connectivity index (χ1) is 27.7. The Morgan fingerprint density at radius 1 is 0.746 bits per heavy atom. The van der Waals surface area contributed by atoms with Crippen LogP contribution in [0.25, 0.3) is 11.0 Å². The van der Waals surface area contributed by atoms with Gasteiger partial charge < -0.3 is 40.8 Å². The number of ether oxygens (including phenoxy) is 2. The van der Waals surface area contributed by atoms with Crippen LogP contribution in [0.1, 0.15) is 26.2 Å². The highest BCUT2D eigenvalue weighted by Gasteiger charge is 2.10. The Morgan fingerprint density at radius 3 is 1.80 bits per heavy atom. The molecule has 0 fully saturated rings. The molecule has 0 unspecified atom stereocenters. The van der Waals surface area contributed by atoms with Crippen LogP contribution in [-0.2, 0) is 7.05 Å². The number of anilines is 4. The van der Waals surface area contributed by atoms with Crippen LogP contribution in [0.15, 0.2) is 146 Å². The first-order valence-electron chi connectivity index (χ1n) is 16.7. The van der Waals surface area contributed by atoms with Gasteiger partial charge in [-0.05, 0) is 97.1 Å². The molecule has 0 amide bonds. The molecule has 0 aliphatic heterocycles. The molecule has 7 aromatic rings. The lowest BCUT2D eigenvalue weighted by Crippen LogP contribution is -1.98. The molecule has 0 atom stereocenters. The van der Waals surface area contributed by atoms with Crippen LogP contribution in [0, 0.1) is 0 Å². The van der Waals surface area contributed by atoms with Crippen molar-refractivity contribution in [3.63, 3.8) is 0 Å². The summed E-state index contributed by atoms with van der Waals surface area (Å²) in [5, 5.41) is 31.6. The largest absolute Gasteiger partial charge is 0.457 e. The Balaban J connectivity index is 0.000000260. The van der Waals surface area contributed by atoms with Crippen molar-refractivity contribution < 1.29 is 19.9 Å². The number of aliphatic imine (C=N–C) groups is 1. The average Bonchev–Trinajstić information content (AvgIpc) is 3.51. The third-order valence-electron chi connectivity index (χ3n) is 7.60. The molecule has 7 rings (SSSR count). The van der Waals surface area contributed by atoms with E-state index in [0.29, 0.717) is 40.1 Å². The predicted molar refractivity (Wildman–Crippen MR) is 248 cm³/mol. The van der Waals surface area contributed by atoms with E-state index in [1.165, 1.54) is 12.4 Å². The number of thiocarbonyl (C=S) groups is 1. The number of nitrogen functional groups attached to an aromatic ring is 1. The lowest BCUT2D eigenvalue weighted by atomic mass is 10.2. The summed E-state index contributed by atoms with van der Waals surface area (Å²) < 4.78 is 15.6. The third kappa shape index (κ3) is 14.0. The van der Waals surface area contributed by atoms with Gasteiger partial charge in [0.25, 0.3) is 0 Å². The fraction of sp³-hybridized carbons (Fsp3) is 0.0952. The number of imidazole rings is 1. The molecule has 3 heterocycles. The van der Waals surface area contributed by atoms with E-state index in [-0.39, 0.29) is 14.9 Å². The summed E-state index contributed by atoms with van der Waals surface area (Å²) in [6, 6.07) is 33.3. The summed E-state index contributed by atoms with van der Waals surface area (Å²) in [6.45, 7) is 0. The van der Waals surface area contributed by atoms with E-state index in [1.807, 2.05) is 90.5 Å². The number of nitrogens with two attached hydrogens (primary N) is 1. The van der Waals surface area contributed by atoms with E-state index in [4.69, 9.17) is 25.6 Å². The Morgan fingerprint density at radius 2 is 1.27 bits per heavy atom. The van der Waals surface area contributed by atoms with Crippen molar-refractivity contribution in [3.8, 4) is 23.0 Å². The van der Waals surface area contributed by atoms with Gasteiger partial charge in [0.15, 0.2) is 0 Å². The summed E-state index contributed by atoms with van der Waals surface area (Å²) in [4.78, 5) is 16.5. The number of aryl methyl sites for hydroxylation is 1. The number of hydrogen-bond donors (Lipinski definition) is 5. The second-order valence-corrected chi connectivity index (χ2v) is 13.5. The number of aromatic nitrogens is 4. The number of nitrogens with one attached hydrogen (secondary N) is 2. The number of hydrogen-bond acceptors (Lipinski definition) is 14. The van der Waals surface area contributed by atoms with E-state index >= 15 is 0 Å². The maximum absolute atomic E-state index is 8.64. The Kier molecular flexibility index (Phi) is 18.7. The number of isothiocyanates is 1. The number of oxime groups is 2. The molecule has 0 radical (unpaired) electrons. The summed E-state index contributed by atoms with van der Waals surface area (Å²) in [7, 11) is 3.76. The van der Waals surface area contributed by atoms with Gasteiger partial charge in [-0.15, -0.1) is 0 Å². The van der Waals surface area contributed by atoms with Gasteiger partial charge in [0.2, 0.25) is 5.95 Å². The molecule has 14 nitrogen and oxygen atoms in total. The highest BCUT2D eigenvalue weighted by Crippen LogP contribution is 2.29. The van der Waals surface area contributed by atoms with Crippen LogP contribution in [0.5, 0.6) is 23.0 Å². The standard InChI is InChI=1S/C20H16BrN5O2.C13H14N4O2.C7H4BrNS.2CH4/c1-26-19-7-6-16(28-17-8-9-22-15(10-17)12-23-27)11-18(19)25-20(26)24-14-4-2-13(21)3-5-14;1-15-13-3-2-10(7-12(13)14)19-11-4-5-16-9(6-11)8-17-18;8-6-1-3-7(4-2-6)9-5-10;;/h2-12,27H,1H3,(H,24,25);2-8,15,18H,14H2,1H3;1-4H;2*1H4/b23-12-;17-8-;;;. The predicted octanol–water partition coefficient (Wildman–Crippen LogP) is 11.8. The van der Waals surface area contributed by atoms with E-state index in [1.54, 1.807) is 49.8 Å². The zero-order valence-corrected chi connectivity index (χ0v) is 34.3. The monoisotopic (exact) mass is 940 g/mol. The fourth-order valence-corrected chi connectivity index (χ4v) is 5.57. The van der Waals surface area contributed by atoms with Gasteiger partial charge in [-0.25, -0.2) is 4.98 Å². The third-order valence-corrected chi connectivity index (χ3v) is 8.75. The van der Waals surface area contributed by atoms with E-state index in [9.17, 15) is 0 Å². The van der Waals surface area contributed by atoms with Gasteiger partial charge in [-0.1, -0.05) is 57.0 Å². The minimum atomic E-state index is 0. The summed E-state index contributed by atoms with van der Waals surface area (Å²) in [5.74, 6) is 3.18. The number of benzene rings is 4. The summed E-state index contributed by atoms with van der Waals surface area (Å²) in [5.41, 5.74) is 11.9. The number of fused-ring (bicyclic) bond motifs is 1. The van der Waals surface area contributed by atoms with Crippen molar-refractivity contribution in [3.05, 3.63) is 142 Å². The molecule has 0 saturated heterocycles. The number of pyridine rings is 2. The highest BCUT2D eigenvalue weighted by atomic mass is 79.9. The number of nitrogens with zero attached hydrogens (tertiary/aromatic N) is 7. The van der Waals surface area contributed by atoms with Crippen LogP contribution in [0.2, 0.25) is 0 Å². The maximum Gasteiger partial charge on any atom is 0.208 e. The van der Waals surface area contributed by atoms with Gasteiger partial charge in [-0.2, -0.15) is 4.99 Å². The second kappa shape index (κ2) is 23.5. The molecule has 0 bridgehead atoms. The van der Waals surface area contributed by atoms with Crippen LogP contribution in [-0.4, -0.2) is 54.6 Å². The van der Waals surface area contributed by atoms with Gasteiger partial charge >= 0.3 is 0 Å². The van der Waals surface area contributed by atoms with Crippen LogP contribution in [0.3, 0.4) is 0 Å². The Labute approximate surface area is 364 Å². The van der Waals surface area contributed by atoms with Gasteiger partial charge in [0, 0.05) is 65.4 Å². The quantitative estimate of drug-likeness (QED) is 0.0288. The van der Waals surface area contributed by atoms with Gasteiger partial charge in [-0.3, -0.25) is 9.97 Å². The second-order valence-electron chi connectivity index (χ2n) is 11.5. The van der Waals surface area contributed by atoms with Crippen molar-refractivity contribution in [1.82, 2.24) is 19.5 Å². The average molecular weight is 943 g/mol. The molecule has 3 aromatic heterocycles. The molecule has 17 heteroatoms. The van der Waals surface area contributed by atoms with E-state index in [2.05, 4.69) is 90.1 Å². The zero-order chi connectivity index (χ0) is 40.6. The molecule has 304 valence electrons. The topological polar surface area (TPSA) is 190 Å². The van der Waals surface area contributed by atoms with Crippen LogP contribution >= 0.6 is 44.1 Å². The van der Waals surface area contributed by atoms with Crippen LogP contribution < -0.4 is 25.8 Å². The minimum absolute atomic E-state index is 0. The number of rotatable bonds is 10. The molecule has 59 heavy (non-hydrogen) atoms. The first-order valence-corrected chi connectivity index (χ1v) is 18.7. The Hall–Kier alpha value is -6.65. The molecule has 0 aliphatic carbocycles.